The van der Waals surface area contributed by atoms with Crippen LogP contribution < -0.4 is 0 Å². The Morgan fingerprint density at radius 2 is 1.46 bits per heavy atom. The Bertz CT molecular complexity index is 113. The van der Waals surface area contributed by atoms with Crippen molar-refractivity contribution in [3.05, 3.63) is 0 Å². The fraction of sp³-hybridized carbons (Fsp3) is 1.00. The Kier molecular flexibility index (Phi) is 7.61. The average Bonchev–Trinajstić information content (AvgIpc) is 2.17. The van der Waals surface area contributed by atoms with Crippen molar-refractivity contribution in [2.45, 2.75) is 51.6 Å². The highest BCUT2D eigenvalue weighted by Crippen LogP contribution is 2.16. The minimum Gasteiger partial charge on any atom is -0.398 e. The number of hydrogen-bond acceptors (Lipinski definition) is 2. The van der Waals surface area contributed by atoms with E-state index in [4.69, 9.17) is 8.85 Å². The van der Waals surface area contributed by atoms with Crippen molar-refractivity contribution in [1.82, 2.24) is 0 Å². The molecule has 0 saturated heterocycles. The maximum atomic E-state index is 5.41. The van der Waals surface area contributed by atoms with E-state index in [1.807, 2.05) is 0 Å². The second-order valence-electron chi connectivity index (χ2n) is 3.71. The highest BCUT2D eigenvalue weighted by atomic mass is 28.4. The van der Waals surface area contributed by atoms with E-state index in [0.717, 1.165) is 6.04 Å². The Balaban J connectivity index is 3.39. The first-order chi connectivity index (χ1) is 6.18. The third kappa shape index (κ3) is 6.24. The van der Waals surface area contributed by atoms with Gasteiger partial charge in [-0.1, -0.05) is 39.0 Å². The fourth-order valence-corrected chi connectivity index (χ4v) is 2.80. The van der Waals surface area contributed by atoms with Crippen LogP contribution in [-0.4, -0.2) is 22.8 Å². The van der Waals surface area contributed by atoms with Crippen LogP contribution in [0.15, 0.2) is 0 Å². The monoisotopic (exact) mass is 204 g/mol. The molecule has 0 heterocycles. The first-order valence-corrected chi connectivity index (χ1v) is 7.81. The number of hydrogen-bond donors (Lipinski definition) is 0. The lowest BCUT2D eigenvalue weighted by atomic mass is 10.2. The normalized spacial score (nSPS) is 12.0. The van der Waals surface area contributed by atoms with Gasteiger partial charge in [0.05, 0.1) is 0 Å². The maximum Gasteiger partial charge on any atom is 0.334 e. The summed E-state index contributed by atoms with van der Waals surface area (Å²) in [6.07, 6.45) is 6.60. The molecule has 3 heteroatoms. The van der Waals surface area contributed by atoms with Gasteiger partial charge in [-0.05, 0) is 12.6 Å². The second kappa shape index (κ2) is 7.53. The standard InChI is InChI=1S/C10H24O2Si/c1-5-6-7-8-9-10-13(4,11-2)12-3/h5-10H2,1-4H3. The molecule has 0 saturated carbocycles. The van der Waals surface area contributed by atoms with Gasteiger partial charge in [-0.3, -0.25) is 0 Å². The zero-order valence-corrected chi connectivity index (χ0v) is 10.6. The van der Waals surface area contributed by atoms with Gasteiger partial charge in [0.15, 0.2) is 0 Å². The van der Waals surface area contributed by atoms with Crippen LogP contribution in [-0.2, 0) is 8.85 Å². The van der Waals surface area contributed by atoms with E-state index < -0.39 is 8.56 Å². The zero-order valence-electron chi connectivity index (χ0n) is 9.56. The van der Waals surface area contributed by atoms with Crippen molar-refractivity contribution in [3.63, 3.8) is 0 Å². The Morgan fingerprint density at radius 3 is 1.92 bits per heavy atom. The Morgan fingerprint density at radius 1 is 0.923 bits per heavy atom. The van der Waals surface area contributed by atoms with Crippen LogP contribution in [0.5, 0.6) is 0 Å². The Hall–Kier alpha value is 0.137. The van der Waals surface area contributed by atoms with E-state index in [-0.39, 0.29) is 0 Å². The summed E-state index contributed by atoms with van der Waals surface area (Å²) in [6.45, 7) is 4.37. The summed E-state index contributed by atoms with van der Waals surface area (Å²) in [5.41, 5.74) is 0. The summed E-state index contributed by atoms with van der Waals surface area (Å²) in [5, 5.41) is 0. The molecule has 0 aromatic carbocycles. The van der Waals surface area contributed by atoms with Crippen molar-refractivity contribution in [3.8, 4) is 0 Å². The van der Waals surface area contributed by atoms with Crippen molar-refractivity contribution < 1.29 is 8.85 Å². The van der Waals surface area contributed by atoms with Crippen LogP contribution in [0.4, 0.5) is 0 Å². The van der Waals surface area contributed by atoms with Crippen LogP contribution >= 0.6 is 0 Å². The summed E-state index contributed by atoms with van der Waals surface area (Å²) in [7, 11) is 1.77. The van der Waals surface area contributed by atoms with E-state index >= 15 is 0 Å². The highest BCUT2D eigenvalue weighted by Gasteiger charge is 2.27. The topological polar surface area (TPSA) is 18.5 Å². The van der Waals surface area contributed by atoms with Crippen molar-refractivity contribution >= 4 is 8.56 Å². The molecule has 0 aromatic rings. The molecule has 13 heavy (non-hydrogen) atoms. The molecule has 0 radical (unpaired) electrons. The molecule has 0 bridgehead atoms. The van der Waals surface area contributed by atoms with Gasteiger partial charge in [0, 0.05) is 14.2 Å². The smallest absolute Gasteiger partial charge is 0.334 e. The van der Waals surface area contributed by atoms with Crippen LogP contribution in [0, 0.1) is 0 Å². The van der Waals surface area contributed by atoms with Crippen LogP contribution in [0.2, 0.25) is 12.6 Å². The molecule has 0 aliphatic heterocycles. The molecule has 80 valence electrons. The van der Waals surface area contributed by atoms with Gasteiger partial charge < -0.3 is 8.85 Å². The summed E-state index contributed by atoms with van der Waals surface area (Å²) < 4.78 is 10.8. The maximum absolute atomic E-state index is 5.41. The van der Waals surface area contributed by atoms with E-state index in [9.17, 15) is 0 Å². The van der Waals surface area contributed by atoms with Crippen molar-refractivity contribution in [2.75, 3.05) is 14.2 Å². The van der Waals surface area contributed by atoms with Gasteiger partial charge in [0.1, 0.15) is 0 Å². The Labute approximate surface area is 83.9 Å². The van der Waals surface area contributed by atoms with E-state index in [1.165, 1.54) is 32.1 Å². The first-order valence-electron chi connectivity index (χ1n) is 5.29. The van der Waals surface area contributed by atoms with Gasteiger partial charge in [-0.25, -0.2) is 0 Å². The molecule has 2 nitrogen and oxygen atoms in total. The molecular formula is C10H24O2Si. The van der Waals surface area contributed by atoms with E-state index in [0.29, 0.717) is 0 Å². The quantitative estimate of drug-likeness (QED) is 0.446. The molecule has 0 unspecified atom stereocenters. The molecule has 0 aliphatic rings. The molecular weight excluding hydrogens is 180 g/mol. The molecule has 0 fully saturated rings. The largest absolute Gasteiger partial charge is 0.398 e. The lowest BCUT2D eigenvalue weighted by Gasteiger charge is -2.22. The molecule has 0 aromatic heterocycles. The van der Waals surface area contributed by atoms with Crippen LogP contribution in [0.1, 0.15) is 39.0 Å². The van der Waals surface area contributed by atoms with Gasteiger partial charge in [-0.2, -0.15) is 0 Å². The predicted octanol–water partition coefficient (Wildman–Crippen LogP) is 3.32. The lowest BCUT2D eigenvalue weighted by Crippen LogP contribution is -2.35. The van der Waals surface area contributed by atoms with Crippen molar-refractivity contribution in [1.29, 1.82) is 0 Å². The average molecular weight is 204 g/mol. The minimum atomic E-state index is -1.76. The van der Waals surface area contributed by atoms with Gasteiger partial charge in [-0.15, -0.1) is 0 Å². The van der Waals surface area contributed by atoms with Gasteiger partial charge in [0.25, 0.3) is 0 Å². The van der Waals surface area contributed by atoms with E-state index in [2.05, 4.69) is 13.5 Å². The zero-order chi connectivity index (χ0) is 10.2. The summed E-state index contributed by atoms with van der Waals surface area (Å²) >= 11 is 0. The van der Waals surface area contributed by atoms with Gasteiger partial charge in [0.2, 0.25) is 0 Å². The molecule has 0 rings (SSSR count). The highest BCUT2D eigenvalue weighted by molar-refractivity contribution is 6.65. The van der Waals surface area contributed by atoms with Crippen LogP contribution in [0.3, 0.4) is 0 Å². The molecule has 0 aliphatic carbocycles. The second-order valence-corrected chi connectivity index (χ2v) is 7.29. The number of unbranched alkanes of at least 4 members (excludes halogenated alkanes) is 4. The summed E-state index contributed by atoms with van der Waals surface area (Å²) in [4.78, 5) is 0. The molecule has 0 N–H and O–H groups in total. The van der Waals surface area contributed by atoms with Crippen LogP contribution in [0.25, 0.3) is 0 Å². The molecule has 0 amide bonds. The third-order valence-electron chi connectivity index (χ3n) is 2.60. The molecule has 0 atom stereocenters. The van der Waals surface area contributed by atoms with E-state index in [1.54, 1.807) is 14.2 Å². The minimum absolute atomic E-state index is 1.13. The summed E-state index contributed by atoms with van der Waals surface area (Å²) in [6, 6.07) is 1.13. The summed E-state index contributed by atoms with van der Waals surface area (Å²) in [5.74, 6) is 0. The SMILES string of the molecule is CCCCCCC[Si](C)(OC)OC. The van der Waals surface area contributed by atoms with Crippen molar-refractivity contribution in [2.24, 2.45) is 0 Å². The molecule has 0 spiro atoms. The number of rotatable bonds is 8. The predicted molar refractivity (Wildman–Crippen MR) is 59.2 cm³/mol. The fourth-order valence-electron chi connectivity index (χ4n) is 1.34. The first kappa shape index (κ1) is 13.1. The lowest BCUT2D eigenvalue weighted by molar-refractivity contribution is 0.248. The third-order valence-corrected chi connectivity index (χ3v) is 5.59. The van der Waals surface area contributed by atoms with Gasteiger partial charge >= 0.3 is 8.56 Å².